The minimum absolute atomic E-state index is 0.00143. The van der Waals surface area contributed by atoms with Crippen LogP contribution in [0, 0.1) is 11.6 Å². The topological polar surface area (TPSA) is 56.8 Å². The number of halogens is 2. The number of nitrogens with one attached hydrogen (secondary N) is 1. The number of carbonyl (C=O) groups is 1. The molecule has 0 saturated heterocycles. The Hall–Kier alpha value is -2.83. The van der Waals surface area contributed by atoms with Crippen molar-refractivity contribution in [2.75, 3.05) is 26.6 Å². The quantitative estimate of drug-likeness (QED) is 0.918. The van der Waals surface area contributed by atoms with Crippen LogP contribution in [-0.4, -0.2) is 27.2 Å². The Kier molecular flexibility index (Phi) is 5.00. The lowest BCUT2D eigenvalue weighted by Gasteiger charge is -2.15. The Morgan fingerprint density at radius 3 is 1.91 bits per heavy atom. The van der Waals surface area contributed by atoms with Crippen molar-refractivity contribution in [1.82, 2.24) is 0 Å². The molecule has 0 atom stereocenters. The molecule has 0 aliphatic heterocycles. The van der Waals surface area contributed by atoms with Crippen LogP contribution < -0.4 is 19.5 Å². The van der Waals surface area contributed by atoms with Crippen molar-refractivity contribution in [2.24, 2.45) is 0 Å². The zero-order valence-corrected chi connectivity index (χ0v) is 12.8. The maximum atomic E-state index is 13.7. The molecule has 0 aromatic heterocycles. The predicted octanol–water partition coefficient (Wildman–Crippen LogP) is 3.24. The Morgan fingerprint density at radius 1 is 0.957 bits per heavy atom. The van der Waals surface area contributed by atoms with E-state index < -0.39 is 23.2 Å². The Bertz CT molecular complexity index is 689. The number of para-hydroxylation sites is 1. The zero-order valence-electron chi connectivity index (χ0n) is 12.8. The average Bonchev–Trinajstić information content (AvgIpc) is 2.56. The molecule has 2 aromatic rings. The highest BCUT2D eigenvalue weighted by atomic mass is 19.1. The lowest BCUT2D eigenvalue weighted by molar-refractivity contribution is 0.101. The molecule has 0 bridgehead atoms. The zero-order chi connectivity index (χ0) is 17.0. The van der Waals surface area contributed by atoms with Crippen molar-refractivity contribution in [1.29, 1.82) is 0 Å². The number of anilines is 1. The van der Waals surface area contributed by atoms with Gasteiger partial charge in [0.15, 0.2) is 0 Å². The number of hydrogen-bond donors (Lipinski definition) is 1. The van der Waals surface area contributed by atoms with Gasteiger partial charge in [-0.15, -0.1) is 0 Å². The van der Waals surface area contributed by atoms with E-state index in [9.17, 15) is 13.6 Å². The summed E-state index contributed by atoms with van der Waals surface area (Å²) in [5.74, 6) is -1.84. The molecule has 0 aliphatic rings. The molecular weight excluding hydrogens is 308 g/mol. The molecule has 2 aromatic carbocycles. The third-order valence-corrected chi connectivity index (χ3v) is 3.14. The van der Waals surface area contributed by atoms with Crippen LogP contribution >= 0.6 is 0 Å². The second-order valence-corrected chi connectivity index (χ2v) is 4.46. The first-order valence-electron chi connectivity index (χ1n) is 6.57. The van der Waals surface area contributed by atoms with Gasteiger partial charge in [0, 0.05) is 12.1 Å². The lowest BCUT2D eigenvalue weighted by atomic mass is 10.1. The number of hydrogen-bond acceptors (Lipinski definition) is 4. The van der Waals surface area contributed by atoms with Gasteiger partial charge in [-0.2, -0.15) is 0 Å². The van der Waals surface area contributed by atoms with Crippen LogP contribution in [0.25, 0.3) is 0 Å². The first-order chi connectivity index (χ1) is 11.0. The van der Waals surface area contributed by atoms with E-state index in [0.29, 0.717) is 5.75 Å². The van der Waals surface area contributed by atoms with Crippen LogP contribution in [0.3, 0.4) is 0 Å². The molecule has 1 amide bonds. The van der Waals surface area contributed by atoms with E-state index in [-0.39, 0.29) is 17.1 Å². The fourth-order valence-corrected chi connectivity index (χ4v) is 2.02. The van der Waals surface area contributed by atoms with E-state index in [1.165, 1.54) is 39.5 Å². The molecule has 2 rings (SSSR count). The van der Waals surface area contributed by atoms with Crippen LogP contribution in [0.15, 0.2) is 30.3 Å². The van der Waals surface area contributed by atoms with Crippen LogP contribution in [0.2, 0.25) is 0 Å². The van der Waals surface area contributed by atoms with Gasteiger partial charge in [-0.05, 0) is 12.1 Å². The third kappa shape index (κ3) is 3.33. The first kappa shape index (κ1) is 16.5. The molecule has 0 saturated carbocycles. The van der Waals surface area contributed by atoms with Crippen LogP contribution in [-0.2, 0) is 0 Å². The Balaban J connectivity index is 2.46. The largest absolute Gasteiger partial charge is 0.496 e. The van der Waals surface area contributed by atoms with Gasteiger partial charge in [0.05, 0.1) is 21.3 Å². The van der Waals surface area contributed by atoms with Crippen molar-refractivity contribution in [2.45, 2.75) is 0 Å². The molecule has 0 spiro atoms. The summed E-state index contributed by atoms with van der Waals surface area (Å²) >= 11 is 0. The summed E-state index contributed by atoms with van der Waals surface area (Å²) in [4.78, 5) is 12.4. The molecule has 0 unspecified atom stereocenters. The standard InChI is InChI=1S/C16H15F2NO4/c1-21-9-7-12(22-2)14(13(8-9)23-3)16(20)19-15-10(17)5-4-6-11(15)18/h4-8H,1-3H3,(H,19,20). The van der Waals surface area contributed by atoms with E-state index in [2.05, 4.69) is 5.32 Å². The number of methoxy groups -OCH3 is 3. The highest BCUT2D eigenvalue weighted by Gasteiger charge is 2.22. The van der Waals surface area contributed by atoms with Gasteiger partial charge in [0.2, 0.25) is 0 Å². The highest BCUT2D eigenvalue weighted by Crippen LogP contribution is 2.34. The van der Waals surface area contributed by atoms with Crippen molar-refractivity contribution < 1.29 is 27.8 Å². The number of ether oxygens (including phenoxy) is 3. The molecule has 0 fully saturated rings. The first-order valence-corrected chi connectivity index (χ1v) is 6.57. The number of amides is 1. The predicted molar refractivity (Wildman–Crippen MR) is 80.4 cm³/mol. The SMILES string of the molecule is COc1cc(OC)c(C(=O)Nc2c(F)cccc2F)c(OC)c1. The van der Waals surface area contributed by atoms with Crippen molar-refractivity contribution in [3.8, 4) is 17.2 Å². The smallest absolute Gasteiger partial charge is 0.263 e. The van der Waals surface area contributed by atoms with Crippen LogP contribution in [0.4, 0.5) is 14.5 Å². The van der Waals surface area contributed by atoms with Crippen LogP contribution in [0.1, 0.15) is 10.4 Å². The van der Waals surface area contributed by atoms with E-state index in [0.717, 1.165) is 12.1 Å². The second-order valence-electron chi connectivity index (χ2n) is 4.46. The number of rotatable bonds is 5. The summed E-state index contributed by atoms with van der Waals surface area (Å²) in [6, 6.07) is 6.22. The van der Waals surface area contributed by atoms with Crippen LogP contribution in [0.5, 0.6) is 17.2 Å². The molecule has 0 radical (unpaired) electrons. The second kappa shape index (κ2) is 6.95. The molecule has 5 nitrogen and oxygen atoms in total. The van der Waals surface area contributed by atoms with Gasteiger partial charge in [-0.25, -0.2) is 8.78 Å². The van der Waals surface area contributed by atoms with E-state index in [1.54, 1.807) is 0 Å². The summed E-state index contributed by atoms with van der Waals surface area (Å²) in [7, 11) is 4.16. The van der Waals surface area contributed by atoms with E-state index >= 15 is 0 Å². The molecule has 0 aliphatic carbocycles. The van der Waals surface area contributed by atoms with Gasteiger partial charge in [0.25, 0.3) is 5.91 Å². The third-order valence-electron chi connectivity index (χ3n) is 3.14. The minimum Gasteiger partial charge on any atom is -0.496 e. The van der Waals surface area contributed by atoms with E-state index in [1.807, 2.05) is 0 Å². The maximum absolute atomic E-state index is 13.7. The Morgan fingerprint density at radius 2 is 1.48 bits per heavy atom. The summed E-state index contributed by atoms with van der Waals surface area (Å²) in [5, 5.41) is 2.19. The molecule has 1 N–H and O–H groups in total. The van der Waals surface area contributed by atoms with Crippen molar-refractivity contribution in [3.05, 3.63) is 47.5 Å². The monoisotopic (exact) mass is 323 g/mol. The Labute approximate surface area is 131 Å². The van der Waals surface area contributed by atoms with E-state index in [4.69, 9.17) is 14.2 Å². The summed E-state index contributed by atoms with van der Waals surface area (Å²) in [6.07, 6.45) is 0. The van der Waals surface area contributed by atoms with Gasteiger partial charge >= 0.3 is 0 Å². The maximum Gasteiger partial charge on any atom is 0.263 e. The summed E-state index contributed by atoms with van der Waals surface area (Å²) < 4.78 is 42.7. The van der Waals surface area contributed by atoms with Gasteiger partial charge in [-0.1, -0.05) is 6.07 Å². The summed E-state index contributed by atoms with van der Waals surface area (Å²) in [5.41, 5.74) is -0.545. The normalized spacial score (nSPS) is 10.1. The molecular formula is C16H15F2NO4. The van der Waals surface area contributed by atoms with Gasteiger partial charge in [0.1, 0.15) is 40.1 Å². The summed E-state index contributed by atoms with van der Waals surface area (Å²) in [6.45, 7) is 0. The fourth-order valence-electron chi connectivity index (χ4n) is 2.02. The van der Waals surface area contributed by atoms with Crippen molar-refractivity contribution >= 4 is 11.6 Å². The molecule has 122 valence electrons. The van der Waals surface area contributed by atoms with Gasteiger partial charge in [-0.3, -0.25) is 4.79 Å². The molecule has 0 heterocycles. The van der Waals surface area contributed by atoms with Gasteiger partial charge < -0.3 is 19.5 Å². The number of carbonyl (C=O) groups excluding carboxylic acids is 1. The molecule has 23 heavy (non-hydrogen) atoms. The average molecular weight is 323 g/mol. The minimum atomic E-state index is -0.884. The lowest BCUT2D eigenvalue weighted by Crippen LogP contribution is -2.16. The number of benzene rings is 2. The highest BCUT2D eigenvalue weighted by molar-refractivity contribution is 6.08. The van der Waals surface area contributed by atoms with Crippen molar-refractivity contribution in [3.63, 3.8) is 0 Å². The fraction of sp³-hybridized carbons (Fsp3) is 0.188. The molecule has 7 heteroatoms.